The normalized spacial score (nSPS) is 22.0. The van der Waals surface area contributed by atoms with Gasteiger partial charge in [-0.2, -0.15) is 0 Å². The number of aromatic nitrogens is 1. The van der Waals surface area contributed by atoms with Gasteiger partial charge in [0.15, 0.2) is 0 Å². The highest BCUT2D eigenvalue weighted by Crippen LogP contribution is 2.25. The van der Waals surface area contributed by atoms with E-state index in [1.165, 1.54) is 42.3 Å². The molecule has 0 saturated carbocycles. The Morgan fingerprint density at radius 3 is 3.00 bits per heavy atom. The molecule has 2 heteroatoms. The highest BCUT2D eigenvalue weighted by atomic mass is 14.9. The summed E-state index contributed by atoms with van der Waals surface area (Å²) in [6.45, 7) is 1.28. The second-order valence-electron chi connectivity index (χ2n) is 4.42. The lowest BCUT2D eigenvalue weighted by atomic mass is 9.97. The van der Waals surface area contributed by atoms with Crippen LogP contribution in [0.3, 0.4) is 0 Å². The molecule has 0 aliphatic carbocycles. The molecule has 3 rings (SSSR count). The zero-order chi connectivity index (χ0) is 10.1. The SMILES string of the molecule is c1ccc2c([C@H]3CCCC[NH2+]3)c[nH]c2c1. The summed E-state index contributed by atoms with van der Waals surface area (Å²) < 4.78 is 0. The van der Waals surface area contributed by atoms with Crippen LogP contribution < -0.4 is 5.32 Å². The zero-order valence-electron chi connectivity index (χ0n) is 8.87. The summed E-state index contributed by atoms with van der Waals surface area (Å²) in [5.41, 5.74) is 2.76. The van der Waals surface area contributed by atoms with Crippen molar-refractivity contribution in [2.24, 2.45) is 0 Å². The van der Waals surface area contributed by atoms with E-state index < -0.39 is 0 Å². The number of rotatable bonds is 1. The van der Waals surface area contributed by atoms with Gasteiger partial charge in [0, 0.05) is 29.1 Å². The van der Waals surface area contributed by atoms with Crippen LogP contribution in [-0.4, -0.2) is 11.5 Å². The first-order valence-electron chi connectivity index (χ1n) is 5.84. The maximum Gasteiger partial charge on any atom is 0.114 e. The molecular formula is C13H17N2+. The molecule has 1 saturated heterocycles. The van der Waals surface area contributed by atoms with Gasteiger partial charge in [0.05, 0.1) is 6.54 Å². The van der Waals surface area contributed by atoms with Crippen molar-refractivity contribution < 1.29 is 5.32 Å². The quantitative estimate of drug-likeness (QED) is 0.707. The zero-order valence-corrected chi connectivity index (χ0v) is 8.87. The molecule has 1 aromatic carbocycles. The van der Waals surface area contributed by atoms with E-state index in [1.807, 2.05) is 0 Å². The second-order valence-corrected chi connectivity index (χ2v) is 4.42. The Morgan fingerprint density at radius 1 is 1.20 bits per heavy atom. The van der Waals surface area contributed by atoms with Gasteiger partial charge in [-0.1, -0.05) is 18.2 Å². The molecular weight excluding hydrogens is 184 g/mol. The number of H-pyrrole nitrogens is 1. The number of hydrogen-bond acceptors (Lipinski definition) is 0. The summed E-state index contributed by atoms with van der Waals surface area (Å²) in [6.07, 6.45) is 6.26. The number of piperidine rings is 1. The molecule has 1 aliphatic heterocycles. The van der Waals surface area contributed by atoms with Gasteiger partial charge in [-0.05, 0) is 18.9 Å². The first-order valence-corrected chi connectivity index (χ1v) is 5.84. The van der Waals surface area contributed by atoms with Gasteiger partial charge in [-0.15, -0.1) is 0 Å². The number of nitrogens with one attached hydrogen (secondary N) is 1. The summed E-state index contributed by atoms with van der Waals surface area (Å²) >= 11 is 0. The average molecular weight is 201 g/mol. The fourth-order valence-electron chi connectivity index (χ4n) is 2.63. The van der Waals surface area contributed by atoms with Crippen LogP contribution in [0.2, 0.25) is 0 Å². The van der Waals surface area contributed by atoms with E-state index in [0.29, 0.717) is 6.04 Å². The lowest BCUT2D eigenvalue weighted by Crippen LogP contribution is -2.86. The maximum absolute atomic E-state index is 3.37. The van der Waals surface area contributed by atoms with Crippen LogP contribution in [0.4, 0.5) is 0 Å². The number of hydrogen-bond donors (Lipinski definition) is 2. The molecule has 1 atom stereocenters. The van der Waals surface area contributed by atoms with Gasteiger partial charge in [-0.3, -0.25) is 0 Å². The molecule has 3 N–H and O–H groups in total. The van der Waals surface area contributed by atoms with Crippen molar-refractivity contribution in [1.82, 2.24) is 4.98 Å². The van der Waals surface area contributed by atoms with E-state index in [-0.39, 0.29) is 0 Å². The Morgan fingerprint density at radius 2 is 2.13 bits per heavy atom. The van der Waals surface area contributed by atoms with Gasteiger partial charge in [0.1, 0.15) is 6.04 Å². The van der Waals surface area contributed by atoms with Crippen LogP contribution in [0, 0.1) is 0 Å². The molecule has 1 fully saturated rings. The van der Waals surface area contributed by atoms with Gasteiger partial charge < -0.3 is 10.3 Å². The number of aromatic amines is 1. The van der Waals surface area contributed by atoms with Crippen LogP contribution in [-0.2, 0) is 0 Å². The van der Waals surface area contributed by atoms with E-state index >= 15 is 0 Å². The fourth-order valence-corrected chi connectivity index (χ4v) is 2.63. The molecule has 2 aromatic rings. The summed E-state index contributed by atoms with van der Waals surface area (Å²) in [7, 11) is 0. The van der Waals surface area contributed by atoms with Crippen molar-refractivity contribution in [2.45, 2.75) is 25.3 Å². The second kappa shape index (κ2) is 3.70. The fraction of sp³-hybridized carbons (Fsp3) is 0.385. The molecule has 0 amide bonds. The molecule has 0 radical (unpaired) electrons. The van der Waals surface area contributed by atoms with Crippen LogP contribution in [0.15, 0.2) is 30.5 Å². The molecule has 1 aromatic heterocycles. The Hall–Kier alpha value is -1.28. The van der Waals surface area contributed by atoms with E-state index in [9.17, 15) is 0 Å². The topological polar surface area (TPSA) is 32.4 Å². The molecule has 0 spiro atoms. The summed E-state index contributed by atoms with van der Waals surface area (Å²) in [5, 5.41) is 3.89. The molecule has 78 valence electrons. The maximum atomic E-state index is 3.37. The number of nitrogens with two attached hydrogens (primary N) is 1. The van der Waals surface area contributed by atoms with Crippen molar-refractivity contribution in [3.05, 3.63) is 36.0 Å². The largest absolute Gasteiger partial charge is 0.361 e. The van der Waals surface area contributed by atoms with Crippen molar-refractivity contribution in [3.63, 3.8) is 0 Å². The smallest absolute Gasteiger partial charge is 0.114 e. The Bertz CT molecular complexity index is 452. The van der Waals surface area contributed by atoms with Crippen LogP contribution in [0.5, 0.6) is 0 Å². The summed E-state index contributed by atoms with van der Waals surface area (Å²) in [5.74, 6) is 0. The molecule has 2 nitrogen and oxygen atoms in total. The lowest BCUT2D eigenvalue weighted by molar-refractivity contribution is -0.703. The van der Waals surface area contributed by atoms with E-state index in [0.717, 1.165) is 0 Å². The minimum absolute atomic E-state index is 0.676. The molecule has 2 heterocycles. The third-order valence-electron chi connectivity index (χ3n) is 3.44. The first kappa shape index (κ1) is 8.98. The van der Waals surface area contributed by atoms with Crippen LogP contribution in [0.25, 0.3) is 10.9 Å². The van der Waals surface area contributed by atoms with Crippen LogP contribution in [0.1, 0.15) is 30.9 Å². The number of benzene rings is 1. The Balaban J connectivity index is 2.02. The minimum Gasteiger partial charge on any atom is -0.361 e. The number of quaternary nitrogens is 1. The predicted molar refractivity (Wildman–Crippen MR) is 61.7 cm³/mol. The highest BCUT2D eigenvalue weighted by Gasteiger charge is 2.20. The molecule has 1 aliphatic rings. The summed E-state index contributed by atoms with van der Waals surface area (Å²) in [4.78, 5) is 3.37. The van der Waals surface area contributed by atoms with Crippen molar-refractivity contribution in [3.8, 4) is 0 Å². The Labute approximate surface area is 89.7 Å². The van der Waals surface area contributed by atoms with Crippen LogP contribution >= 0.6 is 0 Å². The van der Waals surface area contributed by atoms with E-state index in [1.54, 1.807) is 0 Å². The van der Waals surface area contributed by atoms with Gasteiger partial charge in [0.25, 0.3) is 0 Å². The van der Waals surface area contributed by atoms with Gasteiger partial charge in [-0.25, -0.2) is 0 Å². The van der Waals surface area contributed by atoms with E-state index in [4.69, 9.17) is 0 Å². The average Bonchev–Trinajstić information content (AvgIpc) is 2.74. The summed E-state index contributed by atoms with van der Waals surface area (Å²) in [6, 6.07) is 9.27. The minimum atomic E-state index is 0.676. The van der Waals surface area contributed by atoms with Gasteiger partial charge in [0.2, 0.25) is 0 Å². The number of fused-ring (bicyclic) bond motifs is 1. The monoisotopic (exact) mass is 201 g/mol. The van der Waals surface area contributed by atoms with Crippen molar-refractivity contribution in [1.29, 1.82) is 0 Å². The standard InChI is InChI=1S/C13H16N2/c1-2-6-12-10(5-1)11(9-15-12)13-7-3-4-8-14-13/h1-2,5-6,9,13-15H,3-4,7-8H2/p+1/t13-/m1/s1. The number of para-hydroxylation sites is 1. The third-order valence-corrected chi connectivity index (χ3v) is 3.44. The first-order chi connectivity index (χ1) is 7.45. The van der Waals surface area contributed by atoms with Gasteiger partial charge >= 0.3 is 0 Å². The molecule has 0 bridgehead atoms. The molecule has 0 unspecified atom stereocenters. The Kier molecular flexibility index (Phi) is 2.22. The van der Waals surface area contributed by atoms with Crippen molar-refractivity contribution >= 4 is 10.9 Å². The lowest BCUT2D eigenvalue weighted by Gasteiger charge is -2.19. The third kappa shape index (κ3) is 1.55. The van der Waals surface area contributed by atoms with Crippen molar-refractivity contribution in [2.75, 3.05) is 6.54 Å². The molecule has 15 heavy (non-hydrogen) atoms. The highest BCUT2D eigenvalue weighted by molar-refractivity contribution is 5.83. The van der Waals surface area contributed by atoms with E-state index in [2.05, 4.69) is 40.8 Å². The predicted octanol–water partition coefficient (Wildman–Crippen LogP) is 1.96.